The molecule has 0 aliphatic carbocycles. The third kappa shape index (κ3) is 3.73. The highest BCUT2D eigenvalue weighted by Gasteiger charge is 2.34. The maximum absolute atomic E-state index is 12.4. The molecule has 4 nitrogen and oxygen atoms in total. The zero-order valence-electron chi connectivity index (χ0n) is 13.4. The highest BCUT2D eigenvalue weighted by atomic mass is 16.2. The molecule has 4 heteroatoms. The van der Waals surface area contributed by atoms with Crippen LogP contribution in [0, 0.1) is 5.41 Å². The highest BCUT2D eigenvalue weighted by molar-refractivity contribution is 5.82. The predicted octanol–water partition coefficient (Wildman–Crippen LogP) is 1.84. The summed E-state index contributed by atoms with van der Waals surface area (Å²) < 4.78 is 0. The minimum absolute atomic E-state index is 0.134. The number of piperidine rings is 2. The zero-order valence-corrected chi connectivity index (χ0v) is 13.4. The van der Waals surface area contributed by atoms with Gasteiger partial charge in [0.1, 0.15) is 0 Å². The Balaban J connectivity index is 1.83. The molecule has 116 valence electrons. The van der Waals surface area contributed by atoms with Crippen LogP contribution in [0.3, 0.4) is 0 Å². The van der Waals surface area contributed by atoms with Crippen molar-refractivity contribution in [2.75, 3.05) is 26.2 Å². The van der Waals surface area contributed by atoms with Gasteiger partial charge in [-0.25, -0.2) is 0 Å². The summed E-state index contributed by atoms with van der Waals surface area (Å²) in [6, 6.07) is 0.305. The topological polar surface area (TPSA) is 49.6 Å². The minimum Gasteiger partial charge on any atom is -0.341 e. The van der Waals surface area contributed by atoms with Gasteiger partial charge in [0.05, 0.1) is 6.04 Å². The first-order valence-electron chi connectivity index (χ1n) is 8.18. The van der Waals surface area contributed by atoms with Crippen molar-refractivity contribution >= 4 is 5.91 Å². The van der Waals surface area contributed by atoms with E-state index in [9.17, 15) is 4.79 Å². The lowest BCUT2D eigenvalue weighted by Crippen LogP contribution is -2.54. The van der Waals surface area contributed by atoms with Crippen molar-refractivity contribution in [1.82, 2.24) is 9.80 Å². The van der Waals surface area contributed by atoms with Gasteiger partial charge in [-0.2, -0.15) is 0 Å². The molecule has 0 aromatic carbocycles. The van der Waals surface area contributed by atoms with E-state index >= 15 is 0 Å². The Kier molecular flexibility index (Phi) is 5.08. The molecule has 1 amide bonds. The molecule has 0 aromatic rings. The Hall–Kier alpha value is -0.610. The lowest BCUT2D eigenvalue weighted by atomic mass is 9.86. The van der Waals surface area contributed by atoms with Gasteiger partial charge in [0.25, 0.3) is 0 Å². The molecule has 0 spiro atoms. The second-order valence-corrected chi connectivity index (χ2v) is 7.50. The molecule has 0 unspecified atom stereocenters. The highest BCUT2D eigenvalue weighted by Crippen LogP contribution is 2.24. The molecule has 0 bridgehead atoms. The van der Waals surface area contributed by atoms with E-state index < -0.39 is 0 Å². The summed E-state index contributed by atoms with van der Waals surface area (Å²) in [5, 5.41) is 0. The summed E-state index contributed by atoms with van der Waals surface area (Å²) in [5.74, 6) is 0.134. The van der Waals surface area contributed by atoms with Gasteiger partial charge in [-0.3, -0.25) is 4.79 Å². The molecule has 2 fully saturated rings. The van der Waals surface area contributed by atoms with Crippen LogP contribution in [0.1, 0.15) is 52.9 Å². The summed E-state index contributed by atoms with van der Waals surface area (Å²) in [5.41, 5.74) is 5.95. The Morgan fingerprint density at radius 2 is 1.60 bits per heavy atom. The minimum atomic E-state index is -0.381. The largest absolute Gasteiger partial charge is 0.341 e. The zero-order chi connectivity index (χ0) is 14.8. The first kappa shape index (κ1) is 15.8. The van der Waals surface area contributed by atoms with Crippen LogP contribution in [0.5, 0.6) is 0 Å². The fourth-order valence-corrected chi connectivity index (χ4v) is 3.30. The standard InChI is InChI=1S/C16H31N3O/c1-16(2,3)14(17)15(20)19-11-7-13(8-12-19)18-9-5-4-6-10-18/h13-14H,4-12,17H2,1-3H3/t14-/m0/s1. The van der Waals surface area contributed by atoms with E-state index in [1.54, 1.807) is 0 Å². The fourth-order valence-electron chi connectivity index (χ4n) is 3.30. The number of nitrogens with two attached hydrogens (primary N) is 1. The van der Waals surface area contributed by atoms with E-state index in [4.69, 9.17) is 5.73 Å². The maximum Gasteiger partial charge on any atom is 0.240 e. The van der Waals surface area contributed by atoms with Crippen molar-refractivity contribution in [3.05, 3.63) is 0 Å². The molecular formula is C16H31N3O. The van der Waals surface area contributed by atoms with Gasteiger partial charge in [0.15, 0.2) is 0 Å². The number of rotatable bonds is 2. The number of likely N-dealkylation sites (tertiary alicyclic amines) is 2. The summed E-state index contributed by atoms with van der Waals surface area (Å²) >= 11 is 0. The van der Waals surface area contributed by atoms with Crippen molar-refractivity contribution in [2.45, 2.75) is 65.0 Å². The maximum atomic E-state index is 12.4. The molecule has 0 aromatic heterocycles. The predicted molar refractivity (Wildman–Crippen MR) is 82.5 cm³/mol. The molecule has 2 aliphatic rings. The molecule has 0 saturated carbocycles. The second-order valence-electron chi connectivity index (χ2n) is 7.50. The van der Waals surface area contributed by atoms with Crippen molar-refractivity contribution < 1.29 is 4.79 Å². The summed E-state index contributed by atoms with van der Waals surface area (Å²) in [4.78, 5) is 17.0. The Morgan fingerprint density at radius 3 is 2.10 bits per heavy atom. The lowest BCUT2D eigenvalue weighted by molar-refractivity contribution is -0.136. The van der Waals surface area contributed by atoms with Crippen molar-refractivity contribution in [3.63, 3.8) is 0 Å². The van der Waals surface area contributed by atoms with Crippen LogP contribution in [-0.4, -0.2) is 54.0 Å². The van der Waals surface area contributed by atoms with Crippen LogP contribution in [0.15, 0.2) is 0 Å². The second kappa shape index (κ2) is 6.44. The van der Waals surface area contributed by atoms with Crippen molar-refractivity contribution in [1.29, 1.82) is 0 Å². The van der Waals surface area contributed by atoms with Crippen LogP contribution in [0.2, 0.25) is 0 Å². The normalized spacial score (nSPS) is 24.7. The van der Waals surface area contributed by atoms with Gasteiger partial charge in [-0.15, -0.1) is 0 Å². The molecule has 0 radical (unpaired) electrons. The van der Waals surface area contributed by atoms with Crippen LogP contribution in [0.4, 0.5) is 0 Å². The number of carbonyl (C=O) groups excluding carboxylic acids is 1. The molecule has 2 N–H and O–H groups in total. The Morgan fingerprint density at radius 1 is 1.05 bits per heavy atom. The molecular weight excluding hydrogens is 250 g/mol. The van der Waals surface area contributed by atoms with Gasteiger partial charge < -0.3 is 15.5 Å². The van der Waals surface area contributed by atoms with Gasteiger partial charge in [0.2, 0.25) is 5.91 Å². The molecule has 2 heterocycles. The number of amides is 1. The Labute approximate surface area is 123 Å². The van der Waals surface area contributed by atoms with E-state index in [2.05, 4.69) is 4.90 Å². The van der Waals surface area contributed by atoms with Gasteiger partial charge in [-0.05, 0) is 44.2 Å². The van der Waals surface area contributed by atoms with E-state index in [0.717, 1.165) is 25.9 Å². The summed E-state index contributed by atoms with van der Waals surface area (Å²) in [6.45, 7) is 10.4. The molecule has 2 saturated heterocycles. The molecule has 1 atom stereocenters. The van der Waals surface area contributed by atoms with E-state index in [1.165, 1.54) is 32.4 Å². The molecule has 20 heavy (non-hydrogen) atoms. The van der Waals surface area contributed by atoms with E-state index in [1.807, 2.05) is 25.7 Å². The first-order valence-corrected chi connectivity index (χ1v) is 8.18. The van der Waals surface area contributed by atoms with Crippen LogP contribution in [0.25, 0.3) is 0 Å². The van der Waals surface area contributed by atoms with Crippen LogP contribution >= 0.6 is 0 Å². The van der Waals surface area contributed by atoms with Gasteiger partial charge in [0, 0.05) is 19.1 Å². The quantitative estimate of drug-likeness (QED) is 0.840. The summed E-state index contributed by atoms with van der Waals surface area (Å²) in [7, 11) is 0. The number of nitrogens with zero attached hydrogens (tertiary/aromatic N) is 2. The average molecular weight is 281 g/mol. The van der Waals surface area contributed by atoms with Crippen LogP contribution < -0.4 is 5.73 Å². The van der Waals surface area contributed by atoms with Gasteiger partial charge >= 0.3 is 0 Å². The monoisotopic (exact) mass is 281 g/mol. The Bertz CT molecular complexity index is 323. The van der Waals surface area contributed by atoms with E-state index in [-0.39, 0.29) is 17.4 Å². The average Bonchev–Trinajstić information content (AvgIpc) is 2.46. The molecule has 2 aliphatic heterocycles. The van der Waals surface area contributed by atoms with Crippen LogP contribution in [-0.2, 0) is 4.79 Å². The third-order valence-electron chi connectivity index (χ3n) is 4.88. The molecule has 2 rings (SSSR count). The number of carbonyl (C=O) groups is 1. The van der Waals surface area contributed by atoms with Crippen molar-refractivity contribution in [3.8, 4) is 0 Å². The fraction of sp³-hybridized carbons (Fsp3) is 0.938. The van der Waals surface area contributed by atoms with E-state index in [0.29, 0.717) is 6.04 Å². The van der Waals surface area contributed by atoms with Gasteiger partial charge in [-0.1, -0.05) is 27.2 Å². The van der Waals surface area contributed by atoms with Crippen molar-refractivity contribution in [2.24, 2.45) is 11.1 Å². The number of hydrogen-bond acceptors (Lipinski definition) is 3. The third-order valence-corrected chi connectivity index (χ3v) is 4.88. The number of hydrogen-bond donors (Lipinski definition) is 1. The SMILES string of the molecule is CC(C)(C)[C@@H](N)C(=O)N1CCC(N2CCCCC2)CC1. The smallest absolute Gasteiger partial charge is 0.240 e. The first-order chi connectivity index (χ1) is 9.39. The summed E-state index contributed by atoms with van der Waals surface area (Å²) in [6.07, 6.45) is 6.29. The lowest BCUT2D eigenvalue weighted by Gasteiger charge is -2.41.